The number of halogens is 4. The summed E-state index contributed by atoms with van der Waals surface area (Å²) < 4.78 is 61.2. The van der Waals surface area contributed by atoms with Gasteiger partial charge in [-0.2, -0.15) is 22.8 Å². The Kier molecular flexibility index (Phi) is 5.60. The number of benzene rings is 1. The molecule has 4 nitrogen and oxygen atoms in total. The van der Waals surface area contributed by atoms with Gasteiger partial charge in [-0.1, -0.05) is 23.5 Å². The predicted octanol–water partition coefficient (Wildman–Crippen LogP) is 4.70. The monoisotopic (exact) mass is 439 g/mol. The van der Waals surface area contributed by atoms with Gasteiger partial charge in [-0.25, -0.2) is 4.98 Å². The van der Waals surface area contributed by atoms with Crippen molar-refractivity contribution in [2.24, 2.45) is 5.41 Å². The van der Waals surface area contributed by atoms with Crippen LogP contribution in [-0.4, -0.2) is 41.4 Å². The van der Waals surface area contributed by atoms with Crippen LogP contribution in [0.15, 0.2) is 30.5 Å². The number of thiazole rings is 1. The van der Waals surface area contributed by atoms with Gasteiger partial charge >= 0.3 is 6.18 Å². The molecule has 0 spiro atoms. The summed E-state index contributed by atoms with van der Waals surface area (Å²) in [5.74, 6) is 0. The Labute approximate surface area is 176 Å². The molecule has 30 heavy (non-hydrogen) atoms. The molecule has 0 saturated carbocycles. The van der Waals surface area contributed by atoms with E-state index in [1.54, 1.807) is 24.3 Å². The largest absolute Gasteiger partial charge is 0.418 e. The van der Waals surface area contributed by atoms with Crippen LogP contribution >= 0.6 is 11.3 Å². The molecule has 3 heterocycles. The number of nitrogens with zero attached hydrogens (tertiary/aromatic N) is 3. The van der Waals surface area contributed by atoms with E-state index in [0.717, 1.165) is 23.1 Å². The van der Waals surface area contributed by atoms with E-state index in [1.165, 1.54) is 0 Å². The van der Waals surface area contributed by atoms with E-state index >= 15 is 0 Å². The molecule has 2 saturated heterocycles. The van der Waals surface area contributed by atoms with Gasteiger partial charge < -0.3 is 4.74 Å². The van der Waals surface area contributed by atoms with Crippen molar-refractivity contribution < 1.29 is 22.3 Å². The first-order valence-electron chi connectivity index (χ1n) is 9.79. The Morgan fingerprint density at radius 3 is 2.50 bits per heavy atom. The highest BCUT2D eigenvalue weighted by Gasteiger charge is 2.71. The molecular formula is C21H21F4N3OS. The Hall–Kier alpha value is -2.02. The van der Waals surface area contributed by atoms with E-state index in [2.05, 4.69) is 4.98 Å². The Morgan fingerprint density at radius 2 is 1.97 bits per heavy atom. The first-order chi connectivity index (χ1) is 14.3. The van der Waals surface area contributed by atoms with Crippen molar-refractivity contribution in [3.8, 4) is 6.07 Å². The van der Waals surface area contributed by atoms with Crippen LogP contribution in [0.5, 0.6) is 0 Å². The highest BCUT2D eigenvalue weighted by atomic mass is 32.1. The van der Waals surface area contributed by atoms with E-state index in [-0.39, 0.29) is 19.6 Å². The molecule has 0 bridgehead atoms. The zero-order chi connectivity index (χ0) is 21.4. The highest BCUT2D eigenvalue weighted by molar-refractivity contribution is 7.09. The lowest BCUT2D eigenvalue weighted by Crippen LogP contribution is -2.67. The quantitative estimate of drug-likeness (QED) is 0.613. The Balaban J connectivity index is 1.56. The maximum Gasteiger partial charge on any atom is 0.418 e. The van der Waals surface area contributed by atoms with Crippen LogP contribution in [0.25, 0.3) is 0 Å². The SMILES string of the molecule is N#Cc1ccc(CC[C@@]2(C3(C(F)(F)F)CCO3)CCN(Cc3ncc(F)s3)C2)cc1. The minimum atomic E-state index is -4.46. The molecule has 1 unspecified atom stereocenters. The van der Waals surface area contributed by atoms with Gasteiger partial charge in [-0.05, 0) is 43.5 Å². The zero-order valence-electron chi connectivity index (χ0n) is 16.2. The third-order valence-electron chi connectivity index (χ3n) is 6.41. The van der Waals surface area contributed by atoms with Crippen LogP contribution in [0.3, 0.4) is 0 Å². The highest BCUT2D eigenvalue weighted by Crippen LogP contribution is 2.59. The number of hydrogen-bond donors (Lipinski definition) is 0. The van der Waals surface area contributed by atoms with E-state index in [0.29, 0.717) is 42.9 Å². The molecule has 2 aromatic rings. The summed E-state index contributed by atoms with van der Waals surface area (Å²) in [6.07, 6.45) is -2.21. The van der Waals surface area contributed by atoms with E-state index in [1.807, 2.05) is 11.0 Å². The van der Waals surface area contributed by atoms with Gasteiger partial charge in [0.15, 0.2) is 10.7 Å². The number of alkyl halides is 3. The summed E-state index contributed by atoms with van der Waals surface area (Å²) in [4.78, 5) is 5.93. The second-order valence-electron chi connectivity index (χ2n) is 8.03. The van der Waals surface area contributed by atoms with Crippen molar-refractivity contribution in [2.75, 3.05) is 19.7 Å². The van der Waals surface area contributed by atoms with Crippen molar-refractivity contribution in [2.45, 2.75) is 44.0 Å². The minimum absolute atomic E-state index is 0.0381. The second kappa shape index (κ2) is 7.91. The van der Waals surface area contributed by atoms with Crippen LogP contribution in [0, 0.1) is 21.9 Å². The molecule has 1 aromatic heterocycles. The molecule has 2 aliphatic heterocycles. The van der Waals surface area contributed by atoms with E-state index < -0.39 is 22.3 Å². The minimum Gasteiger partial charge on any atom is -0.365 e. The topological polar surface area (TPSA) is 49.1 Å². The molecule has 1 aromatic carbocycles. The van der Waals surface area contributed by atoms with Crippen LogP contribution in [-0.2, 0) is 17.7 Å². The number of likely N-dealkylation sites (tertiary alicyclic amines) is 1. The number of rotatable bonds is 6. The van der Waals surface area contributed by atoms with Crippen molar-refractivity contribution in [3.05, 3.63) is 51.7 Å². The van der Waals surface area contributed by atoms with Crippen molar-refractivity contribution in [1.82, 2.24) is 9.88 Å². The fourth-order valence-electron chi connectivity index (χ4n) is 4.76. The third kappa shape index (κ3) is 3.72. The molecule has 0 aliphatic carbocycles. The van der Waals surface area contributed by atoms with Crippen LogP contribution in [0.1, 0.15) is 35.4 Å². The summed E-state index contributed by atoms with van der Waals surface area (Å²) in [6, 6.07) is 8.99. The molecule has 2 atom stereocenters. The van der Waals surface area contributed by atoms with E-state index in [4.69, 9.17) is 10.00 Å². The van der Waals surface area contributed by atoms with Gasteiger partial charge in [0, 0.05) is 18.4 Å². The van der Waals surface area contributed by atoms with Crippen molar-refractivity contribution in [3.63, 3.8) is 0 Å². The molecular weight excluding hydrogens is 418 g/mol. The molecule has 9 heteroatoms. The molecule has 0 amide bonds. The van der Waals surface area contributed by atoms with E-state index in [9.17, 15) is 17.6 Å². The van der Waals surface area contributed by atoms with Crippen molar-refractivity contribution >= 4 is 11.3 Å². The standard InChI is InChI=1S/C21H21F4N3OS/c22-17-12-27-18(30-17)13-28-9-7-19(14-28,20(8-10-29-20)21(23,24)25)6-5-15-1-3-16(11-26)4-2-15/h1-4,12H,5-10,13-14H2/t19-,20?/m1/s1. The maximum absolute atomic E-state index is 14.2. The number of hydrogen-bond acceptors (Lipinski definition) is 5. The number of nitriles is 1. The third-order valence-corrected chi connectivity index (χ3v) is 7.18. The number of aromatic nitrogens is 1. The molecule has 160 valence electrons. The first-order valence-corrected chi connectivity index (χ1v) is 10.6. The molecule has 2 aliphatic rings. The summed E-state index contributed by atoms with van der Waals surface area (Å²) >= 11 is 0.922. The maximum atomic E-state index is 14.2. The summed E-state index contributed by atoms with van der Waals surface area (Å²) in [7, 11) is 0. The predicted molar refractivity (Wildman–Crippen MR) is 103 cm³/mol. The van der Waals surface area contributed by atoms with Gasteiger partial charge in [-0.3, -0.25) is 4.90 Å². The molecule has 0 N–H and O–H groups in total. The first kappa shape index (κ1) is 21.2. The van der Waals surface area contributed by atoms with Gasteiger partial charge in [0.25, 0.3) is 0 Å². The lowest BCUT2D eigenvalue weighted by Gasteiger charge is -2.54. The Bertz CT molecular complexity index is 933. The summed E-state index contributed by atoms with van der Waals surface area (Å²) in [5, 5.41) is 9.10. The van der Waals surface area contributed by atoms with Crippen LogP contribution in [0.2, 0.25) is 0 Å². The smallest absolute Gasteiger partial charge is 0.365 e. The van der Waals surface area contributed by atoms with Crippen molar-refractivity contribution in [1.29, 1.82) is 5.26 Å². The average molecular weight is 439 g/mol. The Morgan fingerprint density at radius 1 is 1.23 bits per heavy atom. The van der Waals surface area contributed by atoms with Gasteiger partial charge in [-0.15, -0.1) is 0 Å². The van der Waals surface area contributed by atoms with Gasteiger partial charge in [0.2, 0.25) is 0 Å². The number of aryl methyl sites for hydroxylation is 1. The second-order valence-corrected chi connectivity index (χ2v) is 9.10. The molecule has 4 rings (SSSR count). The lowest BCUT2D eigenvalue weighted by molar-refractivity contribution is -0.366. The van der Waals surface area contributed by atoms with Gasteiger partial charge in [0.1, 0.15) is 5.01 Å². The lowest BCUT2D eigenvalue weighted by atomic mass is 9.63. The van der Waals surface area contributed by atoms with Gasteiger partial charge in [0.05, 0.1) is 31.0 Å². The fraction of sp³-hybridized carbons (Fsp3) is 0.524. The zero-order valence-corrected chi connectivity index (χ0v) is 17.0. The molecule has 2 fully saturated rings. The average Bonchev–Trinajstić information content (AvgIpc) is 3.25. The molecule has 0 radical (unpaired) electrons. The fourth-order valence-corrected chi connectivity index (χ4v) is 5.44. The normalized spacial score (nSPS) is 27.0. The summed E-state index contributed by atoms with van der Waals surface area (Å²) in [6.45, 7) is 1.15. The van der Waals surface area contributed by atoms with Crippen LogP contribution in [0.4, 0.5) is 17.6 Å². The van der Waals surface area contributed by atoms with Crippen LogP contribution < -0.4 is 0 Å². The number of ether oxygens (including phenoxy) is 1. The summed E-state index contributed by atoms with van der Waals surface area (Å²) in [5.41, 5.74) is -1.81.